The van der Waals surface area contributed by atoms with Gasteiger partial charge in [-0.2, -0.15) is 13.2 Å². The predicted octanol–water partition coefficient (Wildman–Crippen LogP) is 7.85. The summed E-state index contributed by atoms with van der Waals surface area (Å²) < 4.78 is 43.3. The molecule has 5 nitrogen and oxygen atoms in total. The van der Waals surface area contributed by atoms with Crippen molar-refractivity contribution in [2.45, 2.75) is 31.0 Å². The normalized spacial score (nSPS) is 18.9. The maximum Gasteiger partial charge on any atom is 0.435 e. The molecule has 3 aromatic carbocycles. The van der Waals surface area contributed by atoms with Crippen LogP contribution in [0.1, 0.15) is 40.7 Å². The van der Waals surface area contributed by atoms with Crippen LogP contribution in [0.4, 0.5) is 18.9 Å². The summed E-state index contributed by atoms with van der Waals surface area (Å²) in [5, 5.41) is 3.97. The molecule has 1 fully saturated rings. The van der Waals surface area contributed by atoms with Crippen LogP contribution >= 0.6 is 34.8 Å². The highest BCUT2D eigenvalue weighted by Crippen LogP contribution is 2.50. The van der Waals surface area contributed by atoms with Gasteiger partial charge in [0.25, 0.3) is 11.5 Å². The molecule has 0 bridgehead atoms. The van der Waals surface area contributed by atoms with Gasteiger partial charge in [-0.15, -0.1) is 0 Å². The van der Waals surface area contributed by atoms with Gasteiger partial charge in [-0.3, -0.25) is 14.5 Å². The van der Waals surface area contributed by atoms with Gasteiger partial charge in [0.1, 0.15) is 0 Å². The zero-order valence-corrected chi connectivity index (χ0v) is 22.4. The lowest BCUT2D eigenvalue weighted by atomic mass is 9.86. The van der Waals surface area contributed by atoms with Gasteiger partial charge in [0.2, 0.25) is 0 Å². The summed E-state index contributed by atoms with van der Waals surface area (Å²) in [6, 6.07) is 16.3. The average molecular weight is 596 g/mol. The van der Waals surface area contributed by atoms with Crippen LogP contribution in [0.5, 0.6) is 0 Å². The Bertz CT molecular complexity index is 1460. The van der Waals surface area contributed by atoms with Crippen molar-refractivity contribution in [2.24, 2.45) is 11.1 Å². The molecule has 0 saturated heterocycles. The highest BCUT2D eigenvalue weighted by molar-refractivity contribution is 6.35. The van der Waals surface area contributed by atoms with Crippen molar-refractivity contribution in [1.29, 1.82) is 0 Å². The van der Waals surface area contributed by atoms with E-state index in [0.717, 1.165) is 25.0 Å². The lowest BCUT2D eigenvalue weighted by Gasteiger charge is -2.29. The Hall–Kier alpha value is -3.07. The molecular formula is C28H20Cl3F3N2O3. The Balaban J connectivity index is 1.52. The highest BCUT2D eigenvalue weighted by Gasteiger charge is 2.62. The van der Waals surface area contributed by atoms with Gasteiger partial charge in [-0.1, -0.05) is 64.2 Å². The van der Waals surface area contributed by atoms with Crippen LogP contribution in [0, 0.1) is 5.92 Å². The van der Waals surface area contributed by atoms with Crippen LogP contribution in [0.15, 0.2) is 71.9 Å². The smallest absolute Gasteiger partial charge is 0.374 e. The summed E-state index contributed by atoms with van der Waals surface area (Å²) in [5.41, 5.74) is -2.39. The first-order chi connectivity index (χ1) is 18.5. The first-order valence-corrected chi connectivity index (χ1v) is 13.1. The summed E-state index contributed by atoms with van der Waals surface area (Å²) in [6.07, 6.45) is -4.04. The third-order valence-electron chi connectivity index (χ3n) is 6.70. The lowest BCUT2D eigenvalue weighted by Crippen LogP contribution is -2.42. The number of amides is 1. The van der Waals surface area contributed by atoms with E-state index < -0.39 is 24.1 Å². The van der Waals surface area contributed by atoms with Gasteiger partial charge < -0.3 is 4.84 Å². The second-order valence-corrected chi connectivity index (χ2v) is 10.7. The topological polar surface area (TPSA) is 59.0 Å². The Labute approximate surface area is 237 Å². The molecular weight excluding hydrogens is 576 g/mol. The molecule has 5 rings (SSSR count). The molecule has 11 heteroatoms. The van der Waals surface area contributed by atoms with Crippen molar-refractivity contribution in [2.75, 3.05) is 11.4 Å². The van der Waals surface area contributed by atoms with Gasteiger partial charge in [0.15, 0.2) is 5.78 Å². The fourth-order valence-corrected chi connectivity index (χ4v) is 5.18. The summed E-state index contributed by atoms with van der Waals surface area (Å²) in [5.74, 6) is -0.703. The number of benzene rings is 3. The van der Waals surface area contributed by atoms with Gasteiger partial charge in [0, 0.05) is 39.1 Å². The Morgan fingerprint density at radius 2 is 1.64 bits per heavy atom. The van der Waals surface area contributed by atoms with Crippen molar-refractivity contribution >= 4 is 57.9 Å². The van der Waals surface area contributed by atoms with E-state index in [1.54, 1.807) is 30.3 Å². The van der Waals surface area contributed by atoms with E-state index in [2.05, 4.69) is 5.16 Å². The van der Waals surface area contributed by atoms with Crippen LogP contribution in [-0.4, -0.2) is 30.1 Å². The number of rotatable bonds is 7. The molecule has 2 aliphatic rings. The molecule has 0 spiro atoms. The van der Waals surface area contributed by atoms with E-state index in [0.29, 0.717) is 5.56 Å². The Morgan fingerprint density at radius 3 is 2.26 bits per heavy atom. The Morgan fingerprint density at radius 1 is 0.974 bits per heavy atom. The number of ketones is 1. The summed E-state index contributed by atoms with van der Waals surface area (Å²) in [4.78, 5) is 32.6. The molecule has 202 valence electrons. The molecule has 39 heavy (non-hydrogen) atoms. The standard InChI is InChI=1S/C28H20Cl3F3N2O3/c29-20-11-19(12-21(30)13-20)27(28(32,33)34)14-23(35-39-27)18-8-9-22(31)24(10-18)36(15-25(37)16-6-7-16)26(38)17-4-2-1-3-5-17/h1-5,8-13,16H,6-7,14-15H2. The minimum atomic E-state index is -4.87. The maximum atomic E-state index is 14.4. The van der Waals surface area contributed by atoms with E-state index in [1.807, 2.05) is 0 Å². The second kappa shape index (κ2) is 10.5. The molecule has 1 atom stereocenters. The Kier molecular flexibility index (Phi) is 7.39. The minimum Gasteiger partial charge on any atom is -0.374 e. The van der Waals surface area contributed by atoms with E-state index >= 15 is 0 Å². The van der Waals surface area contributed by atoms with Crippen molar-refractivity contribution in [3.8, 4) is 0 Å². The van der Waals surface area contributed by atoms with Crippen LogP contribution in [-0.2, 0) is 15.2 Å². The van der Waals surface area contributed by atoms with E-state index in [1.165, 1.54) is 29.2 Å². The van der Waals surface area contributed by atoms with Crippen LogP contribution in [0.3, 0.4) is 0 Å². The van der Waals surface area contributed by atoms with Gasteiger partial charge >= 0.3 is 6.18 Å². The van der Waals surface area contributed by atoms with Crippen molar-refractivity contribution in [1.82, 2.24) is 0 Å². The van der Waals surface area contributed by atoms with E-state index in [4.69, 9.17) is 39.6 Å². The molecule has 0 aromatic heterocycles. The maximum absolute atomic E-state index is 14.4. The zero-order chi connectivity index (χ0) is 27.9. The van der Waals surface area contributed by atoms with Crippen molar-refractivity contribution in [3.63, 3.8) is 0 Å². The van der Waals surface area contributed by atoms with E-state index in [-0.39, 0.29) is 55.8 Å². The lowest BCUT2D eigenvalue weighted by molar-refractivity contribution is -0.275. The number of anilines is 1. The number of hydrogen-bond donors (Lipinski definition) is 0. The van der Waals surface area contributed by atoms with Crippen molar-refractivity contribution < 1.29 is 27.6 Å². The minimum absolute atomic E-state index is 0.0161. The third kappa shape index (κ3) is 5.51. The van der Waals surface area contributed by atoms with Crippen LogP contribution < -0.4 is 4.90 Å². The monoisotopic (exact) mass is 594 g/mol. The number of halogens is 6. The number of Topliss-reactive ketones (excluding diaryl/α,β-unsaturated/α-hetero) is 1. The third-order valence-corrected chi connectivity index (χ3v) is 7.45. The van der Waals surface area contributed by atoms with Gasteiger partial charge in [-0.05, 0) is 55.3 Å². The summed E-state index contributed by atoms with van der Waals surface area (Å²) >= 11 is 18.5. The molecule has 1 saturated carbocycles. The first-order valence-electron chi connectivity index (χ1n) is 12.0. The van der Waals surface area contributed by atoms with E-state index in [9.17, 15) is 22.8 Å². The van der Waals surface area contributed by atoms with Crippen LogP contribution in [0.25, 0.3) is 0 Å². The number of nitrogens with zero attached hydrogens (tertiary/aromatic N) is 2. The quantitative estimate of drug-likeness (QED) is 0.279. The van der Waals surface area contributed by atoms with Gasteiger partial charge in [-0.25, -0.2) is 0 Å². The molecule has 1 aliphatic carbocycles. The number of carbonyl (C=O) groups excluding carboxylic acids is 2. The second-order valence-electron chi connectivity index (χ2n) is 9.45. The fourth-order valence-electron chi connectivity index (χ4n) is 4.44. The summed E-state index contributed by atoms with van der Waals surface area (Å²) in [6.45, 7) is -0.224. The van der Waals surface area contributed by atoms with Gasteiger partial charge in [0.05, 0.1) is 23.0 Å². The molecule has 0 radical (unpaired) electrons. The van der Waals surface area contributed by atoms with Crippen molar-refractivity contribution in [3.05, 3.63) is 98.5 Å². The fraction of sp³-hybridized carbons (Fsp3) is 0.250. The molecule has 1 aliphatic heterocycles. The molecule has 1 heterocycles. The number of hydrogen-bond acceptors (Lipinski definition) is 4. The SMILES string of the molecule is O=C(CN(C(=O)c1ccccc1)c1cc(C2=NOC(c3cc(Cl)cc(Cl)c3)(C(F)(F)F)C2)ccc1Cl)C1CC1. The highest BCUT2D eigenvalue weighted by atomic mass is 35.5. The molecule has 0 N–H and O–H groups in total. The number of oxime groups is 1. The average Bonchev–Trinajstić information content (AvgIpc) is 3.64. The number of alkyl halides is 3. The number of carbonyl (C=O) groups is 2. The predicted molar refractivity (Wildman–Crippen MR) is 144 cm³/mol. The summed E-state index contributed by atoms with van der Waals surface area (Å²) in [7, 11) is 0. The zero-order valence-electron chi connectivity index (χ0n) is 20.1. The largest absolute Gasteiger partial charge is 0.435 e. The molecule has 1 unspecified atom stereocenters. The first kappa shape index (κ1) is 27.5. The molecule has 3 aromatic rings. The van der Waals surface area contributed by atoms with Crippen LogP contribution in [0.2, 0.25) is 15.1 Å². The molecule has 1 amide bonds.